The molecule has 3 fully saturated rings. The van der Waals surface area contributed by atoms with E-state index >= 15 is 0 Å². The van der Waals surface area contributed by atoms with Gasteiger partial charge >= 0.3 is 5.97 Å². The van der Waals surface area contributed by atoms with Crippen LogP contribution in [0.25, 0.3) is 0 Å². The number of unbranched alkanes of at least 4 members (excludes halogenated alkanes) is 3. The summed E-state index contributed by atoms with van der Waals surface area (Å²) >= 11 is 0. The number of allylic oxidation sites excluding steroid dienone is 1. The Bertz CT molecular complexity index is 1120. The van der Waals surface area contributed by atoms with Crippen molar-refractivity contribution >= 4 is 17.8 Å². The van der Waals surface area contributed by atoms with E-state index in [1.54, 1.807) is 11.0 Å². The van der Waals surface area contributed by atoms with Gasteiger partial charge in [-0.15, -0.1) is 13.2 Å². The molecule has 4 rings (SSSR count). The number of carbonyl (C=O) groups is 3. The van der Waals surface area contributed by atoms with E-state index in [1.165, 1.54) is 4.90 Å². The van der Waals surface area contributed by atoms with Crippen LogP contribution in [0, 0.1) is 17.8 Å². The summed E-state index contributed by atoms with van der Waals surface area (Å²) in [6.07, 6.45) is 8.07. The van der Waals surface area contributed by atoms with E-state index in [1.807, 2.05) is 50.3 Å². The third-order valence-electron chi connectivity index (χ3n) is 9.42. The number of aliphatic hydroxyl groups is 1. The Morgan fingerprint density at radius 3 is 2.59 bits per heavy atom. The molecule has 3 unspecified atom stereocenters. The number of amides is 2. The molecule has 1 N–H and O–H groups in total. The van der Waals surface area contributed by atoms with Crippen molar-refractivity contribution in [1.29, 1.82) is 0 Å². The summed E-state index contributed by atoms with van der Waals surface area (Å²) in [6.45, 7) is 14.3. The van der Waals surface area contributed by atoms with E-state index in [4.69, 9.17) is 9.47 Å². The van der Waals surface area contributed by atoms with E-state index in [0.717, 1.165) is 31.2 Å². The maximum absolute atomic E-state index is 14.6. The lowest BCUT2D eigenvalue weighted by atomic mass is 9.62. The number of aliphatic hydroxyl groups excluding tert-OH is 1. The first-order valence-corrected chi connectivity index (χ1v) is 15.1. The van der Waals surface area contributed by atoms with Crippen LogP contribution < -0.4 is 0 Å². The average Bonchev–Trinajstić information content (AvgIpc) is 3.48. The molecule has 224 valence electrons. The lowest BCUT2D eigenvalue weighted by Gasteiger charge is -2.39. The number of benzene rings is 1. The van der Waals surface area contributed by atoms with Crippen molar-refractivity contribution in [2.24, 2.45) is 17.8 Å². The van der Waals surface area contributed by atoms with Crippen LogP contribution in [0.2, 0.25) is 0 Å². The highest BCUT2D eigenvalue weighted by Gasteiger charge is 2.80. The van der Waals surface area contributed by atoms with Crippen molar-refractivity contribution in [2.45, 2.75) is 82.6 Å². The Morgan fingerprint density at radius 1 is 1.22 bits per heavy atom. The van der Waals surface area contributed by atoms with Gasteiger partial charge in [0.1, 0.15) is 17.6 Å². The van der Waals surface area contributed by atoms with Gasteiger partial charge in [-0.05, 0) is 50.5 Å². The standard InChI is InChI=1S/C33H46N2O6/c1-6-9-11-15-20-40-31(39)27-26-29(37)35(25(22-36)24-16-13-12-14-17-24)28(30(38)34(18-8-3)19-10-7-2)33(26)21-23(4)32(27,5)41-33/h6,8,12-14,16-17,23,25-28,36H,1,3,7,9-11,15,18-22H2,2,4-5H3/t23?,25-,26+,27+,28?,32-,33?/m1/s1. The monoisotopic (exact) mass is 566 g/mol. The van der Waals surface area contributed by atoms with Crippen LogP contribution in [0.5, 0.6) is 0 Å². The van der Waals surface area contributed by atoms with Crippen LogP contribution in [-0.2, 0) is 23.9 Å². The lowest BCUT2D eigenvalue weighted by Crippen LogP contribution is -2.57. The number of nitrogens with zero attached hydrogens (tertiary/aromatic N) is 2. The van der Waals surface area contributed by atoms with Gasteiger partial charge in [-0.2, -0.15) is 0 Å². The van der Waals surface area contributed by atoms with Crippen LogP contribution in [0.3, 0.4) is 0 Å². The molecule has 3 aliphatic rings. The molecule has 0 aliphatic carbocycles. The molecule has 1 aromatic rings. The van der Waals surface area contributed by atoms with E-state index in [2.05, 4.69) is 20.1 Å². The number of likely N-dealkylation sites (tertiary alicyclic amines) is 1. The number of esters is 1. The van der Waals surface area contributed by atoms with E-state index in [-0.39, 0.29) is 30.9 Å². The van der Waals surface area contributed by atoms with Crippen LogP contribution in [-0.4, -0.2) is 76.2 Å². The Kier molecular flexibility index (Phi) is 9.75. The third kappa shape index (κ3) is 5.37. The predicted molar refractivity (Wildman–Crippen MR) is 157 cm³/mol. The molecule has 2 amide bonds. The van der Waals surface area contributed by atoms with Crippen molar-refractivity contribution in [1.82, 2.24) is 9.80 Å². The molecule has 0 aromatic heterocycles. The molecule has 8 heteroatoms. The smallest absolute Gasteiger partial charge is 0.312 e. The first-order chi connectivity index (χ1) is 19.7. The van der Waals surface area contributed by atoms with Crippen molar-refractivity contribution < 1.29 is 29.0 Å². The van der Waals surface area contributed by atoms with Gasteiger partial charge in [0.05, 0.1) is 30.8 Å². The van der Waals surface area contributed by atoms with Crippen LogP contribution in [0.4, 0.5) is 0 Å². The Balaban J connectivity index is 1.78. The molecule has 7 atom stereocenters. The zero-order valence-electron chi connectivity index (χ0n) is 24.8. The summed E-state index contributed by atoms with van der Waals surface area (Å²) in [4.78, 5) is 46.1. The maximum atomic E-state index is 14.6. The third-order valence-corrected chi connectivity index (χ3v) is 9.42. The van der Waals surface area contributed by atoms with Gasteiger partial charge in [0.2, 0.25) is 11.8 Å². The van der Waals surface area contributed by atoms with Crippen LogP contribution in [0.1, 0.15) is 70.9 Å². The molecule has 3 saturated heterocycles. The molecule has 2 bridgehead atoms. The molecule has 0 radical (unpaired) electrons. The Hall–Kier alpha value is -2.97. The van der Waals surface area contributed by atoms with Crippen molar-refractivity contribution in [3.63, 3.8) is 0 Å². The number of rotatable bonds is 15. The molecule has 1 aromatic carbocycles. The molecule has 0 saturated carbocycles. The van der Waals surface area contributed by atoms with E-state index < -0.39 is 41.1 Å². The molecular formula is C33H46N2O6. The summed E-state index contributed by atoms with van der Waals surface area (Å²) in [7, 11) is 0. The minimum atomic E-state index is -1.21. The van der Waals surface area contributed by atoms with Crippen molar-refractivity contribution in [3.05, 3.63) is 61.2 Å². The van der Waals surface area contributed by atoms with Gasteiger partial charge in [0, 0.05) is 13.1 Å². The minimum absolute atomic E-state index is 0.0899. The van der Waals surface area contributed by atoms with Crippen molar-refractivity contribution in [2.75, 3.05) is 26.3 Å². The summed E-state index contributed by atoms with van der Waals surface area (Å²) < 4.78 is 12.6. The first-order valence-electron chi connectivity index (χ1n) is 15.1. The summed E-state index contributed by atoms with van der Waals surface area (Å²) in [5.41, 5.74) is -1.43. The second kappa shape index (κ2) is 12.9. The minimum Gasteiger partial charge on any atom is -0.465 e. The van der Waals surface area contributed by atoms with E-state index in [0.29, 0.717) is 25.9 Å². The number of hydrogen-bond donors (Lipinski definition) is 1. The normalized spacial score (nSPS) is 30.6. The van der Waals surface area contributed by atoms with Gasteiger partial charge in [0.25, 0.3) is 0 Å². The lowest BCUT2D eigenvalue weighted by molar-refractivity contribution is -0.164. The number of carbonyl (C=O) groups excluding carboxylic acids is 3. The van der Waals surface area contributed by atoms with Gasteiger partial charge in [-0.25, -0.2) is 0 Å². The molecule has 1 spiro atoms. The SMILES string of the molecule is C=CCCCCOC(=O)[C@@H]1[C@H]2C(=O)N([C@H](CO)c3ccccc3)C(C(=O)N(CC=C)CCCC)C23CC(C)[C@@]1(C)O3. The Morgan fingerprint density at radius 2 is 1.95 bits per heavy atom. The first kappa shape index (κ1) is 31.0. The predicted octanol–water partition coefficient (Wildman–Crippen LogP) is 4.44. The molecule has 8 nitrogen and oxygen atoms in total. The number of hydrogen-bond acceptors (Lipinski definition) is 6. The highest BCUT2D eigenvalue weighted by Crippen LogP contribution is 2.66. The fourth-order valence-electron chi connectivity index (χ4n) is 7.30. The largest absolute Gasteiger partial charge is 0.465 e. The van der Waals surface area contributed by atoms with Crippen molar-refractivity contribution in [3.8, 4) is 0 Å². The summed E-state index contributed by atoms with van der Waals surface area (Å²) in [6, 6.07) is 7.48. The summed E-state index contributed by atoms with van der Waals surface area (Å²) in [5, 5.41) is 10.7. The fraction of sp³-hybridized carbons (Fsp3) is 0.606. The maximum Gasteiger partial charge on any atom is 0.312 e. The quantitative estimate of drug-likeness (QED) is 0.192. The highest BCUT2D eigenvalue weighted by molar-refractivity contribution is 5.99. The average molecular weight is 567 g/mol. The van der Waals surface area contributed by atoms with Gasteiger partial charge in [-0.3, -0.25) is 14.4 Å². The van der Waals surface area contributed by atoms with Crippen LogP contribution in [0.15, 0.2) is 55.6 Å². The van der Waals surface area contributed by atoms with E-state index in [9.17, 15) is 19.5 Å². The summed E-state index contributed by atoms with van der Waals surface area (Å²) in [5.74, 6) is -2.86. The van der Waals surface area contributed by atoms with Gasteiger partial charge in [0.15, 0.2) is 0 Å². The van der Waals surface area contributed by atoms with Gasteiger partial charge < -0.3 is 24.4 Å². The van der Waals surface area contributed by atoms with Gasteiger partial charge in [-0.1, -0.05) is 62.8 Å². The second-order valence-corrected chi connectivity index (χ2v) is 11.9. The topological polar surface area (TPSA) is 96.4 Å². The highest BCUT2D eigenvalue weighted by atomic mass is 16.6. The Labute approximate surface area is 244 Å². The second-order valence-electron chi connectivity index (χ2n) is 11.9. The number of fused-ring (bicyclic) bond motifs is 1. The van der Waals surface area contributed by atoms with Crippen LogP contribution >= 0.6 is 0 Å². The molecule has 3 heterocycles. The number of ether oxygens (including phenoxy) is 2. The molecule has 41 heavy (non-hydrogen) atoms. The molecular weight excluding hydrogens is 520 g/mol. The fourth-order valence-corrected chi connectivity index (χ4v) is 7.30. The zero-order chi connectivity index (χ0) is 29.8. The zero-order valence-corrected chi connectivity index (χ0v) is 24.8. The molecule has 3 aliphatic heterocycles.